The second-order valence-electron chi connectivity index (χ2n) is 11.1. The number of likely N-dealkylation sites (N-methyl/N-ethyl adjacent to an activating group) is 1. The number of aliphatic hydroxyl groups excluding tert-OH is 2. The monoisotopic (exact) mass is 558 g/mol. The molecule has 1 saturated carbocycles. The van der Waals surface area contributed by atoms with Gasteiger partial charge in [0.25, 0.3) is 5.91 Å². The molecule has 4 atom stereocenters. The van der Waals surface area contributed by atoms with Gasteiger partial charge in [0.2, 0.25) is 11.7 Å². The van der Waals surface area contributed by atoms with E-state index in [1.54, 1.807) is 0 Å². The maximum atomic E-state index is 15.4. The van der Waals surface area contributed by atoms with Crippen molar-refractivity contribution in [1.29, 1.82) is 0 Å². The molecule has 7 N–H and O–H groups in total. The van der Waals surface area contributed by atoms with Crippen LogP contribution >= 0.6 is 0 Å². The number of primary amides is 1. The molecule has 214 valence electrons. The Kier molecular flexibility index (Phi) is 6.71. The van der Waals surface area contributed by atoms with Gasteiger partial charge in [0, 0.05) is 23.1 Å². The summed E-state index contributed by atoms with van der Waals surface area (Å²) in [5.74, 6) is -9.61. The zero-order chi connectivity index (χ0) is 29.3. The fourth-order valence-corrected chi connectivity index (χ4v) is 6.69. The van der Waals surface area contributed by atoms with Crippen LogP contribution in [0.1, 0.15) is 30.4 Å². The van der Waals surface area contributed by atoms with Crippen LogP contribution in [0, 0.1) is 17.7 Å². The number of phenolic OH excluding ortho intramolecular Hbond substituents is 1. The van der Waals surface area contributed by atoms with Crippen LogP contribution in [0.25, 0.3) is 5.76 Å². The number of carbonyl (C=O) groups is 4. The van der Waals surface area contributed by atoms with E-state index in [1.807, 2.05) is 4.90 Å². The molecule has 12 nitrogen and oxygen atoms in total. The normalized spacial score (nSPS) is 28.5. The first-order valence-electron chi connectivity index (χ1n) is 13.0. The summed E-state index contributed by atoms with van der Waals surface area (Å²) in [6.07, 6.45) is 1.56. The second kappa shape index (κ2) is 9.68. The molecule has 2 fully saturated rings. The minimum atomic E-state index is -2.79. The number of nitrogens with two attached hydrogens (primary N) is 1. The minimum Gasteiger partial charge on any atom is -0.508 e. The molecule has 13 heteroatoms. The predicted molar refractivity (Wildman–Crippen MR) is 139 cm³/mol. The van der Waals surface area contributed by atoms with E-state index < -0.39 is 86.7 Å². The zero-order valence-corrected chi connectivity index (χ0v) is 22.0. The van der Waals surface area contributed by atoms with Crippen LogP contribution in [0.5, 0.6) is 5.75 Å². The molecular weight excluding hydrogens is 527 g/mol. The summed E-state index contributed by atoms with van der Waals surface area (Å²) < 4.78 is 15.4. The lowest BCUT2D eigenvalue weighted by molar-refractivity contribution is -0.153. The van der Waals surface area contributed by atoms with Crippen molar-refractivity contribution in [3.63, 3.8) is 0 Å². The third-order valence-electron chi connectivity index (χ3n) is 8.51. The molecule has 1 aromatic rings. The lowest BCUT2D eigenvalue weighted by Gasteiger charge is -2.50. The Morgan fingerprint density at radius 3 is 2.45 bits per heavy atom. The summed E-state index contributed by atoms with van der Waals surface area (Å²) >= 11 is 0. The molecule has 0 spiro atoms. The van der Waals surface area contributed by atoms with Gasteiger partial charge < -0.3 is 31.5 Å². The van der Waals surface area contributed by atoms with Crippen molar-refractivity contribution in [2.24, 2.45) is 17.6 Å². The fraction of sp³-hybridized carbons (Fsp3) is 0.481. The molecule has 1 aromatic carbocycles. The van der Waals surface area contributed by atoms with Gasteiger partial charge in [0.1, 0.15) is 22.9 Å². The van der Waals surface area contributed by atoms with Gasteiger partial charge in [-0.05, 0) is 58.8 Å². The standard InChI is InChI=1S/C27H31FN4O8/c1-31(2)20-13-8-11-7-12-14(28)9-15(30-16(33)10-32-5-3-4-6-32)21(34)18(12)22(35)17(11)24(37)27(13,40)25(38)19(23(20)36)26(29)39/h9,11,13,20,34-35,38,40H,3-8,10H2,1-2H3,(H2,29,39)(H,30,33)/t11-,13-,20?,27-/m0/s1. The van der Waals surface area contributed by atoms with Gasteiger partial charge in [-0.2, -0.15) is 0 Å². The summed E-state index contributed by atoms with van der Waals surface area (Å²) in [6, 6.07) is -0.292. The zero-order valence-electron chi connectivity index (χ0n) is 22.0. The number of halogens is 1. The molecule has 0 bridgehead atoms. The highest BCUT2D eigenvalue weighted by atomic mass is 19.1. The quantitative estimate of drug-likeness (QED) is 0.214. The van der Waals surface area contributed by atoms with E-state index in [0.29, 0.717) is 0 Å². The van der Waals surface area contributed by atoms with E-state index in [2.05, 4.69) is 5.32 Å². The Bertz CT molecular complexity index is 1410. The number of aliphatic hydroxyl groups is 3. The summed E-state index contributed by atoms with van der Waals surface area (Å²) in [4.78, 5) is 54.8. The van der Waals surface area contributed by atoms with Crippen molar-refractivity contribution in [2.45, 2.75) is 37.3 Å². The first-order valence-corrected chi connectivity index (χ1v) is 13.0. The molecule has 1 heterocycles. The summed E-state index contributed by atoms with van der Waals surface area (Å²) in [7, 11) is 2.98. The highest BCUT2D eigenvalue weighted by Crippen LogP contribution is 2.53. The van der Waals surface area contributed by atoms with Gasteiger partial charge in [-0.3, -0.25) is 29.0 Å². The highest BCUT2D eigenvalue weighted by molar-refractivity contribution is 6.24. The molecule has 1 aliphatic heterocycles. The maximum absolute atomic E-state index is 15.4. The SMILES string of the molecule is CN(C)C1C(=O)C(C(N)=O)=C(O)[C@@]2(O)C(=O)C3=C(O)c4c(O)c(NC(=O)CN5CCCC5)cc(F)c4C[C@H]3C[C@@H]12. The number of Topliss-reactive ketones (excluding diaryl/α,β-unsaturated/α-hetero) is 2. The van der Waals surface area contributed by atoms with Crippen LogP contribution in [0.3, 0.4) is 0 Å². The number of likely N-dealkylation sites (tertiary alicyclic amines) is 1. The summed E-state index contributed by atoms with van der Waals surface area (Å²) in [5, 5.41) is 47.2. The third kappa shape index (κ3) is 3.99. The molecular formula is C27H31FN4O8. The van der Waals surface area contributed by atoms with E-state index in [-0.39, 0.29) is 30.6 Å². The van der Waals surface area contributed by atoms with Crippen molar-refractivity contribution < 1.29 is 44.0 Å². The van der Waals surface area contributed by atoms with E-state index in [0.717, 1.165) is 32.0 Å². The van der Waals surface area contributed by atoms with Crippen molar-refractivity contribution in [2.75, 3.05) is 39.0 Å². The second-order valence-corrected chi connectivity index (χ2v) is 11.1. The molecule has 40 heavy (non-hydrogen) atoms. The molecule has 5 rings (SSSR count). The molecule has 0 aromatic heterocycles. The number of fused-ring (bicyclic) bond motifs is 3. The Morgan fingerprint density at radius 2 is 1.85 bits per heavy atom. The van der Waals surface area contributed by atoms with Crippen LogP contribution in [-0.4, -0.2) is 99.0 Å². The lowest BCUT2D eigenvalue weighted by atomic mass is 9.57. The van der Waals surface area contributed by atoms with E-state index in [9.17, 15) is 39.6 Å². The Balaban J connectivity index is 1.60. The van der Waals surface area contributed by atoms with Gasteiger partial charge in [0.05, 0.1) is 23.8 Å². The molecule has 3 aliphatic carbocycles. The van der Waals surface area contributed by atoms with E-state index >= 15 is 4.39 Å². The number of rotatable bonds is 5. The number of nitrogens with zero attached hydrogens (tertiary/aromatic N) is 2. The van der Waals surface area contributed by atoms with Crippen molar-refractivity contribution >= 4 is 34.8 Å². The number of aromatic hydroxyl groups is 1. The Labute approximate surface area is 228 Å². The highest BCUT2D eigenvalue weighted by Gasteiger charge is 2.64. The van der Waals surface area contributed by atoms with Gasteiger partial charge in [-0.15, -0.1) is 0 Å². The summed E-state index contributed by atoms with van der Waals surface area (Å²) in [6.45, 7) is 1.49. The molecule has 0 radical (unpaired) electrons. The van der Waals surface area contributed by atoms with Crippen molar-refractivity contribution in [1.82, 2.24) is 9.80 Å². The van der Waals surface area contributed by atoms with Gasteiger partial charge in [-0.25, -0.2) is 4.39 Å². The van der Waals surface area contributed by atoms with Crippen LogP contribution in [-0.2, 0) is 25.6 Å². The number of carbonyl (C=O) groups excluding carboxylic acids is 4. The maximum Gasteiger partial charge on any atom is 0.255 e. The van der Waals surface area contributed by atoms with E-state index in [4.69, 9.17) is 5.73 Å². The largest absolute Gasteiger partial charge is 0.508 e. The van der Waals surface area contributed by atoms with Gasteiger partial charge in [0.15, 0.2) is 17.1 Å². The first-order chi connectivity index (χ1) is 18.8. The first kappa shape index (κ1) is 27.7. The van der Waals surface area contributed by atoms with Crippen molar-refractivity contribution in [3.05, 3.63) is 39.9 Å². The smallest absolute Gasteiger partial charge is 0.255 e. The van der Waals surface area contributed by atoms with E-state index in [1.165, 1.54) is 19.0 Å². The number of phenols is 1. The topological polar surface area (TPSA) is 194 Å². The van der Waals surface area contributed by atoms with Crippen LogP contribution in [0.2, 0.25) is 0 Å². The number of benzene rings is 1. The predicted octanol–water partition coefficient (Wildman–Crippen LogP) is 0.137. The molecule has 4 aliphatic rings. The Hall–Kier alpha value is -3.81. The van der Waals surface area contributed by atoms with Crippen LogP contribution in [0.15, 0.2) is 23.0 Å². The number of anilines is 1. The van der Waals surface area contributed by atoms with Crippen molar-refractivity contribution in [3.8, 4) is 5.75 Å². The summed E-state index contributed by atoms with van der Waals surface area (Å²) in [5.41, 5.74) is 0.362. The Morgan fingerprint density at radius 1 is 1.20 bits per heavy atom. The molecule has 1 saturated heterocycles. The molecule has 1 unspecified atom stereocenters. The average Bonchev–Trinajstić information content (AvgIpc) is 3.37. The minimum absolute atomic E-state index is 0.0275. The number of amides is 2. The van der Waals surface area contributed by atoms with Gasteiger partial charge in [-0.1, -0.05) is 0 Å². The lowest BCUT2D eigenvalue weighted by Crippen LogP contribution is -2.65. The number of hydrogen-bond donors (Lipinski definition) is 6. The number of ketones is 2. The van der Waals surface area contributed by atoms with Gasteiger partial charge >= 0.3 is 0 Å². The average molecular weight is 559 g/mol. The van der Waals surface area contributed by atoms with Crippen LogP contribution < -0.4 is 11.1 Å². The number of nitrogens with one attached hydrogen (secondary N) is 1. The fourth-order valence-electron chi connectivity index (χ4n) is 6.69. The van der Waals surface area contributed by atoms with Crippen LogP contribution in [0.4, 0.5) is 10.1 Å². The molecule has 2 amide bonds. The third-order valence-corrected chi connectivity index (χ3v) is 8.51. The number of hydrogen-bond acceptors (Lipinski definition) is 10.